The summed E-state index contributed by atoms with van der Waals surface area (Å²) >= 11 is 0. The van der Waals surface area contributed by atoms with Crippen LogP contribution in [-0.2, 0) is 62.0 Å². The van der Waals surface area contributed by atoms with Crippen LogP contribution in [0.25, 0.3) is 0 Å². The molecule has 0 aromatic carbocycles. The van der Waals surface area contributed by atoms with Gasteiger partial charge in [-0.3, -0.25) is 52.7 Å². The highest BCUT2D eigenvalue weighted by atomic mass is 28.4. The van der Waals surface area contributed by atoms with E-state index in [4.69, 9.17) is 4.43 Å². The van der Waals surface area contributed by atoms with Crippen LogP contribution in [0.2, 0.25) is 18.1 Å². The van der Waals surface area contributed by atoms with Crippen LogP contribution in [0.3, 0.4) is 0 Å². The minimum absolute atomic E-state index is 0.0419. The number of rotatable bonds is 17. The number of hydrogen-bond donors (Lipinski definition) is 1. The molecule has 1 rings (SSSR count). The highest BCUT2D eigenvalue weighted by Gasteiger charge is 2.49. The van der Waals surface area contributed by atoms with Crippen molar-refractivity contribution in [3.05, 3.63) is 0 Å². The van der Waals surface area contributed by atoms with Gasteiger partial charge in [0.05, 0.1) is 24.7 Å². The normalized spacial score (nSPS) is 26.4. The molecule has 1 aliphatic rings. The van der Waals surface area contributed by atoms with Crippen molar-refractivity contribution >= 4 is 79.2 Å². The number of carbonyl (C=O) groups excluding carboxylic acids is 12. The van der Waals surface area contributed by atoms with E-state index in [-0.39, 0.29) is 80.8 Å². The first-order valence-electron chi connectivity index (χ1n) is 33.5. The summed E-state index contributed by atoms with van der Waals surface area (Å²) in [7, 11) is 7.53. The lowest BCUT2D eigenvalue weighted by molar-refractivity contribution is -0.157. The molecule has 1 heterocycles. The van der Waals surface area contributed by atoms with Gasteiger partial charge in [0.2, 0.25) is 47.3 Å². The van der Waals surface area contributed by atoms with Crippen LogP contribution in [0.4, 0.5) is 0 Å². The molecule has 21 nitrogen and oxygen atoms in total. The second-order valence-electron chi connectivity index (χ2n) is 30.5. The molecule has 0 aromatic rings. The van der Waals surface area contributed by atoms with E-state index in [9.17, 15) is 38.4 Å². The van der Waals surface area contributed by atoms with E-state index >= 15 is 19.2 Å². The fourth-order valence-corrected chi connectivity index (χ4v) is 13.4. The van der Waals surface area contributed by atoms with E-state index in [1.807, 2.05) is 103 Å². The van der Waals surface area contributed by atoms with Crippen molar-refractivity contribution in [1.29, 1.82) is 0 Å². The Hall–Kier alpha value is -5.38. The van der Waals surface area contributed by atoms with Crippen molar-refractivity contribution in [2.45, 2.75) is 256 Å². The number of ketones is 3. The first kappa shape index (κ1) is 83.6. The molecule has 8 amide bonds. The molecule has 1 saturated heterocycles. The predicted molar refractivity (Wildman–Crippen MR) is 359 cm³/mol. The highest BCUT2D eigenvalue weighted by molar-refractivity contribution is 6.74. The van der Waals surface area contributed by atoms with Crippen molar-refractivity contribution < 1.29 is 62.0 Å². The Morgan fingerprint density at radius 2 is 0.934 bits per heavy atom. The molecule has 1 N–H and O–H groups in total. The quantitative estimate of drug-likeness (QED) is 0.107. The number of carbonyl (C=O) groups is 12. The molecule has 0 aliphatic carbocycles. The minimum atomic E-state index is -2.85. The summed E-state index contributed by atoms with van der Waals surface area (Å²) in [5, 5.41) is 2.35. The summed E-state index contributed by atoms with van der Waals surface area (Å²) in [4.78, 5) is 185. The smallest absolute Gasteiger partial charge is 0.246 e. The number of aldehydes is 1. The lowest BCUT2D eigenvalue weighted by Crippen LogP contribution is -2.63. The van der Waals surface area contributed by atoms with Crippen LogP contribution >= 0.6 is 0 Å². The van der Waals surface area contributed by atoms with Crippen molar-refractivity contribution in [1.82, 2.24) is 39.6 Å². The molecule has 0 aromatic heterocycles. The van der Waals surface area contributed by atoms with Gasteiger partial charge in [-0.15, -0.1) is 0 Å². The molecule has 0 saturated carbocycles. The highest BCUT2D eigenvalue weighted by Crippen LogP contribution is 2.40. The molecule has 522 valence electrons. The van der Waals surface area contributed by atoms with Crippen molar-refractivity contribution in [3.63, 3.8) is 0 Å². The van der Waals surface area contributed by atoms with E-state index in [1.165, 1.54) is 90.6 Å². The topological polar surface area (TPSA) is 249 Å². The summed E-state index contributed by atoms with van der Waals surface area (Å²) in [6.45, 7) is 38.5. The van der Waals surface area contributed by atoms with Gasteiger partial charge in [0, 0.05) is 92.8 Å². The first-order valence-corrected chi connectivity index (χ1v) is 36.4. The molecular formula is C69H124N8O13Si. The van der Waals surface area contributed by atoms with Gasteiger partial charge < -0.3 is 48.8 Å². The summed E-state index contributed by atoms with van der Waals surface area (Å²) < 4.78 is 7.14. The SMILES string of the molecule is CC[C@H]1CC(=O)[C@@H]([C@H](O[Si](C)(C)C(C)(C)C)[C@H](C)CC=O)N(C)C(=O)[C@@H](C(C)C)N(C)C(=O)[C@@H](CC(C)C)N(C)C(=O)[C@@H](CC(C)C)N(C)C(=O)[C@H](C)NC(=O)[C@@H](C)CC(=O)[C@@H](CC(C)C)N(C)C(=O)[C@@H](C(C)C)CC(=O)[C@H](CC(C)C)N(C)C(=O)CN(C)C1=O. The Labute approximate surface area is 549 Å². The third kappa shape index (κ3) is 23.2. The second kappa shape index (κ2) is 36.3. The van der Waals surface area contributed by atoms with Crippen LogP contribution in [0, 0.1) is 59.2 Å². The van der Waals surface area contributed by atoms with Gasteiger partial charge in [-0.2, -0.15) is 0 Å². The predicted octanol–water partition coefficient (Wildman–Crippen LogP) is 8.19. The molecular weight excluding hydrogens is 1180 g/mol. The van der Waals surface area contributed by atoms with E-state index < -0.39 is 169 Å². The van der Waals surface area contributed by atoms with Crippen molar-refractivity contribution in [2.24, 2.45) is 59.2 Å². The van der Waals surface area contributed by atoms with Crippen molar-refractivity contribution in [3.8, 4) is 0 Å². The Balaban J connectivity index is 4.53. The Kier molecular flexibility index (Phi) is 33.4. The zero-order chi connectivity index (χ0) is 71.0. The number of hydrogen-bond acceptors (Lipinski definition) is 13. The number of nitrogens with zero attached hydrogens (tertiary/aromatic N) is 7. The standard InChI is InChI=1S/C69H124N8O13Si/c1-29-49-37-57(81)60(61(46(14)30-31-78)90-91(27,28)69(17,18)19)77(26)68(89)59(45(12)13)76(25)67(88)54(35-43(8)9)75(24)66(87)53(34-42(6)7)74(23)63(84)48(16)70-62(83)47(15)36-55(79)52(33-41(4)5)73(22)65(86)50(44(10)11)38-56(80)51(32-40(2)3)72(21)58(82)39-71(20)64(49)85/h31,40-54,59-61H,29-30,32-39H2,1-28H3,(H,70,83)/t46-,47+,48+,49+,50-,51+,52-,53-,54-,59-,60+,61-/m1/s1. The number of amides is 8. The molecule has 91 heavy (non-hydrogen) atoms. The Bertz CT molecular complexity index is 2510. The third-order valence-electron chi connectivity index (χ3n) is 19.0. The molecule has 1 aliphatic heterocycles. The van der Waals surface area contributed by atoms with E-state index in [0.717, 1.165) is 6.29 Å². The molecule has 12 atom stereocenters. The number of Topliss-reactive ketones (excluding diaryl/α,β-unsaturated/α-hetero) is 3. The fraction of sp³-hybridized carbons (Fsp3) is 0.826. The largest absolute Gasteiger partial charge is 0.411 e. The fourth-order valence-electron chi connectivity index (χ4n) is 12.0. The number of likely N-dealkylation sites (N-methyl/N-ethyl adjacent to an activating group) is 7. The number of nitrogens with one attached hydrogen (secondary N) is 1. The maximum Gasteiger partial charge on any atom is 0.246 e. The molecule has 22 heteroatoms. The van der Waals surface area contributed by atoms with Gasteiger partial charge in [-0.25, -0.2) is 0 Å². The van der Waals surface area contributed by atoms with Crippen LogP contribution in [0.1, 0.15) is 189 Å². The van der Waals surface area contributed by atoms with Gasteiger partial charge in [0.1, 0.15) is 36.5 Å². The average molecular weight is 1300 g/mol. The molecule has 0 radical (unpaired) electrons. The van der Waals surface area contributed by atoms with Gasteiger partial charge >= 0.3 is 0 Å². The van der Waals surface area contributed by atoms with Crippen LogP contribution in [-0.4, -0.2) is 218 Å². The third-order valence-corrected chi connectivity index (χ3v) is 23.5. The monoisotopic (exact) mass is 1300 g/mol. The van der Waals surface area contributed by atoms with E-state index in [2.05, 4.69) is 5.32 Å². The summed E-state index contributed by atoms with van der Waals surface area (Å²) in [5.74, 6) is -10.8. The molecule has 0 bridgehead atoms. The maximum absolute atomic E-state index is 15.7. The summed E-state index contributed by atoms with van der Waals surface area (Å²) in [5.41, 5.74) is 0. The average Bonchev–Trinajstić information content (AvgIpc) is 0.816. The molecule has 0 spiro atoms. The van der Waals surface area contributed by atoms with E-state index in [1.54, 1.807) is 34.6 Å². The van der Waals surface area contributed by atoms with Crippen molar-refractivity contribution in [2.75, 3.05) is 55.9 Å². The van der Waals surface area contributed by atoms with E-state index in [0.29, 0.717) is 0 Å². The minimum Gasteiger partial charge on any atom is -0.411 e. The van der Waals surface area contributed by atoms with Crippen LogP contribution < -0.4 is 5.32 Å². The zero-order valence-electron chi connectivity index (χ0n) is 61.5. The van der Waals surface area contributed by atoms with Crippen LogP contribution in [0.15, 0.2) is 0 Å². The summed E-state index contributed by atoms with van der Waals surface area (Å²) in [6.07, 6.45) is -0.386. The maximum atomic E-state index is 15.7. The lowest BCUT2D eigenvalue weighted by Gasteiger charge is -2.46. The molecule has 0 unspecified atom stereocenters. The summed E-state index contributed by atoms with van der Waals surface area (Å²) in [6, 6.07) is -8.08. The second-order valence-corrected chi connectivity index (χ2v) is 35.2. The van der Waals surface area contributed by atoms with Gasteiger partial charge in [-0.05, 0) is 98.6 Å². The van der Waals surface area contributed by atoms with Crippen LogP contribution in [0.5, 0.6) is 0 Å². The lowest BCUT2D eigenvalue weighted by atomic mass is 9.84. The molecule has 1 fully saturated rings. The first-order chi connectivity index (χ1) is 41.6. The van der Waals surface area contributed by atoms with Gasteiger partial charge in [0.15, 0.2) is 25.7 Å². The zero-order valence-corrected chi connectivity index (χ0v) is 62.5. The Morgan fingerprint density at radius 3 is 1.36 bits per heavy atom. The van der Waals surface area contributed by atoms with Gasteiger partial charge in [-0.1, -0.05) is 125 Å². The van der Waals surface area contributed by atoms with Gasteiger partial charge in [0.25, 0.3) is 0 Å². The Morgan fingerprint density at radius 1 is 0.516 bits per heavy atom.